The van der Waals surface area contributed by atoms with Crippen LogP contribution < -0.4 is 0 Å². The lowest BCUT2D eigenvalue weighted by Crippen LogP contribution is -2.06. The van der Waals surface area contributed by atoms with E-state index < -0.39 is 11.8 Å². The monoisotopic (exact) mass is 296 g/mol. The van der Waals surface area contributed by atoms with Gasteiger partial charge in [-0.25, -0.2) is 9.18 Å². The summed E-state index contributed by atoms with van der Waals surface area (Å²) in [6.45, 7) is 3.91. The highest BCUT2D eigenvalue weighted by Gasteiger charge is 2.03. The first-order chi connectivity index (χ1) is 10.1. The highest BCUT2D eigenvalue weighted by Crippen LogP contribution is 2.13. The number of hydrogen-bond acceptors (Lipinski definition) is 3. The number of unbranched alkanes of at least 4 members (excludes halogenated alkanes) is 1. The topological polar surface area (TPSA) is 55.8 Å². The zero-order chi connectivity index (χ0) is 15.5. The summed E-state index contributed by atoms with van der Waals surface area (Å²) in [6.07, 6.45) is 4.44. The second-order valence-electron chi connectivity index (χ2n) is 4.54. The molecule has 0 heterocycles. The summed E-state index contributed by atoms with van der Waals surface area (Å²) in [5.41, 5.74) is 0.942. The van der Waals surface area contributed by atoms with Crippen molar-refractivity contribution in [3.8, 4) is 0 Å². The van der Waals surface area contributed by atoms with Crippen molar-refractivity contribution in [1.29, 1.82) is 0 Å². The number of carboxylic acid groups (broad SMARTS) is 1. The van der Waals surface area contributed by atoms with Gasteiger partial charge in [-0.3, -0.25) is 0 Å². The number of rotatable bonds is 10. The lowest BCUT2D eigenvalue weighted by atomic mass is 10.1. The summed E-state index contributed by atoms with van der Waals surface area (Å²) in [6, 6.07) is 4.53. The van der Waals surface area contributed by atoms with Crippen LogP contribution in [0.4, 0.5) is 4.39 Å². The van der Waals surface area contributed by atoms with Crippen molar-refractivity contribution in [2.45, 2.75) is 26.4 Å². The molecule has 0 bridgehead atoms. The average Bonchev–Trinajstić information content (AvgIpc) is 2.46. The molecule has 0 amide bonds. The van der Waals surface area contributed by atoms with Crippen LogP contribution in [-0.4, -0.2) is 30.9 Å². The Hall–Kier alpha value is -1.72. The molecule has 0 radical (unpaired) electrons. The molecule has 21 heavy (non-hydrogen) atoms. The van der Waals surface area contributed by atoms with Gasteiger partial charge in [-0.15, -0.1) is 0 Å². The maximum atomic E-state index is 13.8. The first-order valence-electron chi connectivity index (χ1n) is 6.98. The van der Waals surface area contributed by atoms with Gasteiger partial charge in [-0.2, -0.15) is 0 Å². The number of benzene rings is 1. The number of carbonyl (C=O) groups is 1. The van der Waals surface area contributed by atoms with E-state index in [-0.39, 0.29) is 6.61 Å². The van der Waals surface area contributed by atoms with Crippen LogP contribution in [0.3, 0.4) is 0 Å². The molecule has 0 saturated carbocycles. The van der Waals surface area contributed by atoms with Gasteiger partial charge in [-0.05, 0) is 24.1 Å². The Labute approximate surface area is 124 Å². The lowest BCUT2D eigenvalue weighted by molar-refractivity contribution is -0.131. The summed E-state index contributed by atoms with van der Waals surface area (Å²) in [5, 5.41) is 8.51. The molecule has 0 spiro atoms. The van der Waals surface area contributed by atoms with Gasteiger partial charge in [0, 0.05) is 18.2 Å². The Bertz CT molecular complexity index is 471. The number of ether oxygens (including phenoxy) is 2. The van der Waals surface area contributed by atoms with Crippen molar-refractivity contribution in [3.63, 3.8) is 0 Å². The first kappa shape index (κ1) is 17.3. The van der Waals surface area contributed by atoms with E-state index in [1.165, 1.54) is 12.1 Å². The summed E-state index contributed by atoms with van der Waals surface area (Å²) < 4.78 is 24.4. The summed E-state index contributed by atoms with van der Waals surface area (Å²) >= 11 is 0. The fraction of sp³-hybridized carbons (Fsp3) is 0.438. The van der Waals surface area contributed by atoms with Crippen molar-refractivity contribution in [2.24, 2.45) is 0 Å². The molecule has 0 aromatic heterocycles. The summed E-state index contributed by atoms with van der Waals surface area (Å²) in [5.74, 6) is -1.47. The van der Waals surface area contributed by atoms with E-state index in [9.17, 15) is 9.18 Å². The number of hydrogen-bond donors (Lipinski definition) is 1. The van der Waals surface area contributed by atoms with Gasteiger partial charge in [0.05, 0.1) is 19.8 Å². The third-order valence-corrected chi connectivity index (χ3v) is 2.77. The minimum absolute atomic E-state index is 0.173. The van der Waals surface area contributed by atoms with Crippen LogP contribution in [0.1, 0.15) is 30.9 Å². The van der Waals surface area contributed by atoms with Gasteiger partial charge in [0.2, 0.25) is 0 Å². The van der Waals surface area contributed by atoms with Crippen molar-refractivity contribution in [2.75, 3.05) is 19.8 Å². The molecule has 0 unspecified atom stereocenters. The summed E-state index contributed by atoms with van der Waals surface area (Å²) in [7, 11) is 0. The minimum Gasteiger partial charge on any atom is -0.478 e. The van der Waals surface area contributed by atoms with Gasteiger partial charge in [0.1, 0.15) is 5.82 Å². The predicted molar refractivity (Wildman–Crippen MR) is 78.5 cm³/mol. The Morgan fingerprint density at radius 3 is 2.71 bits per heavy atom. The van der Waals surface area contributed by atoms with E-state index in [4.69, 9.17) is 14.6 Å². The maximum absolute atomic E-state index is 13.8. The van der Waals surface area contributed by atoms with Crippen LogP contribution in [-0.2, 0) is 20.9 Å². The van der Waals surface area contributed by atoms with Crippen molar-refractivity contribution < 1.29 is 23.8 Å². The molecule has 0 saturated heterocycles. The molecule has 1 aromatic carbocycles. The van der Waals surface area contributed by atoms with Gasteiger partial charge < -0.3 is 14.6 Å². The first-order valence-corrected chi connectivity index (χ1v) is 6.98. The summed E-state index contributed by atoms with van der Waals surface area (Å²) in [4.78, 5) is 10.4. The standard InChI is InChI=1S/C16H21FO4/c1-2-3-8-20-9-10-21-12-14-6-4-13(11-15(14)17)5-7-16(18)19/h4-7,11H,2-3,8-10,12H2,1H3,(H,18,19). The largest absolute Gasteiger partial charge is 0.478 e. The lowest BCUT2D eigenvalue weighted by Gasteiger charge is -2.07. The van der Waals surface area contributed by atoms with Crippen molar-refractivity contribution >= 4 is 12.0 Å². The molecule has 5 heteroatoms. The molecule has 116 valence electrons. The predicted octanol–water partition coefficient (Wildman–Crippen LogP) is 3.26. The van der Waals surface area contributed by atoms with Crippen molar-refractivity contribution in [3.05, 3.63) is 41.2 Å². The SMILES string of the molecule is CCCCOCCOCc1ccc(C=CC(=O)O)cc1F. The van der Waals surface area contributed by atoms with Gasteiger partial charge in [-0.1, -0.05) is 25.5 Å². The molecule has 0 aliphatic rings. The molecule has 4 nitrogen and oxygen atoms in total. The van der Waals surface area contributed by atoms with E-state index in [2.05, 4.69) is 6.92 Å². The third-order valence-electron chi connectivity index (χ3n) is 2.77. The fourth-order valence-corrected chi connectivity index (χ4v) is 1.60. The molecule has 1 rings (SSSR count). The Morgan fingerprint density at radius 1 is 1.29 bits per heavy atom. The molecule has 0 fully saturated rings. The zero-order valence-electron chi connectivity index (χ0n) is 12.2. The molecule has 0 aliphatic heterocycles. The smallest absolute Gasteiger partial charge is 0.328 e. The van der Waals surface area contributed by atoms with Crippen LogP contribution in [0.25, 0.3) is 6.08 Å². The van der Waals surface area contributed by atoms with E-state index in [1.807, 2.05) is 0 Å². The maximum Gasteiger partial charge on any atom is 0.328 e. The molecular weight excluding hydrogens is 275 g/mol. The Kier molecular flexibility index (Phi) is 8.31. The minimum atomic E-state index is -1.06. The van der Waals surface area contributed by atoms with E-state index in [0.717, 1.165) is 25.5 Å². The van der Waals surface area contributed by atoms with Gasteiger partial charge in [0.25, 0.3) is 0 Å². The molecule has 1 aromatic rings. The molecule has 0 aliphatic carbocycles. The van der Waals surface area contributed by atoms with Crippen LogP contribution in [0, 0.1) is 5.82 Å². The van der Waals surface area contributed by atoms with Crippen LogP contribution in [0.2, 0.25) is 0 Å². The normalized spacial score (nSPS) is 11.1. The zero-order valence-corrected chi connectivity index (χ0v) is 12.2. The second kappa shape index (κ2) is 10.1. The van der Waals surface area contributed by atoms with E-state index >= 15 is 0 Å². The van der Waals surface area contributed by atoms with E-state index in [1.54, 1.807) is 12.1 Å². The highest BCUT2D eigenvalue weighted by atomic mass is 19.1. The molecule has 1 N–H and O–H groups in total. The van der Waals surface area contributed by atoms with Crippen LogP contribution >= 0.6 is 0 Å². The molecular formula is C16H21FO4. The number of carboxylic acids is 1. The quantitative estimate of drug-likeness (QED) is 0.532. The van der Waals surface area contributed by atoms with Gasteiger partial charge in [0.15, 0.2) is 0 Å². The third kappa shape index (κ3) is 7.58. The van der Waals surface area contributed by atoms with E-state index in [0.29, 0.717) is 24.3 Å². The fourth-order valence-electron chi connectivity index (χ4n) is 1.60. The number of halogens is 1. The Balaban J connectivity index is 2.34. The van der Waals surface area contributed by atoms with Gasteiger partial charge >= 0.3 is 5.97 Å². The van der Waals surface area contributed by atoms with Crippen LogP contribution in [0.5, 0.6) is 0 Å². The number of aliphatic carboxylic acids is 1. The molecule has 0 atom stereocenters. The average molecular weight is 296 g/mol. The second-order valence-corrected chi connectivity index (χ2v) is 4.54. The van der Waals surface area contributed by atoms with Crippen LogP contribution in [0.15, 0.2) is 24.3 Å². The van der Waals surface area contributed by atoms with Crippen molar-refractivity contribution in [1.82, 2.24) is 0 Å². The Morgan fingerprint density at radius 2 is 2.05 bits per heavy atom. The highest BCUT2D eigenvalue weighted by molar-refractivity contribution is 5.85.